The molecule has 8 heteroatoms. The molecular weight excluding hydrogens is 317 g/mol. The summed E-state index contributed by atoms with van der Waals surface area (Å²) in [6.07, 6.45) is -4.91. The van der Waals surface area contributed by atoms with Crippen molar-refractivity contribution in [3.8, 4) is 0 Å². The van der Waals surface area contributed by atoms with Crippen molar-refractivity contribution in [1.82, 2.24) is 0 Å². The summed E-state index contributed by atoms with van der Waals surface area (Å²) in [5.74, 6) is -4.24. The second-order valence-corrected chi connectivity index (χ2v) is 4.36. The molecule has 0 atom stereocenters. The predicted molar refractivity (Wildman–Crippen MR) is 72.8 cm³/mol. The summed E-state index contributed by atoms with van der Waals surface area (Å²) in [4.78, 5) is 34.8. The van der Waals surface area contributed by atoms with E-state index in [1.807, 2.05) is 0 Å². The number of alkyl halides is 3. The van der Waals surface area contributed by atoms with E-state index in [1.165, 1.54) is 13.8 Å². The van der Waals surface area contributed by atoms with Crippen LogP contribution in [0.2, 0.25) is 0 Å². The summed E-state index contributed by atoms with van der Waals surface area (Å²) < 4.78 is 49.2. The Labute approximate surface area is 130 Å². The maximum absolute atomic E-state index is 13.3. The van der Waals surface area contributed by atoms with Crippen LogP contribution >= 0.6 is 0 Å². The highest BCUT2D eigenvalue weighted by molar-refractivity contribution is 6.01. The van der Waals surface area contributed by atoms with Gasteiger partial charge in [0.15, 0.2) is 12.2 Å². The molecule has 0 aromatic heterocycles. The van der Waals surface area contributed by atoms with Gasteiger partial charge in [-0.15, -0.1) is 0 Å². The van der Waals surface area contributed by atoms with Crippen LogP contribution in [-0.2, 0) is 25.2 Å². The number of carbonyl (C=O) groups excluding carboxylic acids is 3. The van der Waals surface area contributed by atoms with Gasteiger partial charge in [0.2, 0.25) is 0 Å². The lowest BCUT2D eigenvalue weighted by atomic mass is 9.91. The molecule has 0 heterocycles. The summed E-state index contributed by atoms with van der Waals surface area (Å²) in [5.41, 5.74) is -2.69. The Bertz CT molecular complexity index is 577. The van der Waals surface area contributed by atoms with Crippen LogP contribution in [-0.4, -0.2) is 31.4 Å². The van der Waals surface area contributed by atoms with Gasteiger partial charge in [0.1, 0.15) is 0 Å². The topological polar surface area (TPSA) is 69.7 Å². The molecule has 0 spiro atoms. The Morgan fingerprint density at radius 1 is 1.13 bits per heavy atom. The highest BCUT2D eigenvalue weighted by atomic mass is 19.4. The number of rotatable bonds is 6. The second kappa shape index (κ2) is 7.75. The Kier molecular flexibility index (Phi) is 6.29. The largest absolute Gasteiger partial charge is 0.465 e. The third-order valence-corrected chi connectivity index (χ3v) is 2.89. The first-order chi connectivity index (χ1) is 10.8. The average Bonchev–Trinajstić information content (AvgIpc) is 2.46. The maximum atomic E-state index is 13.3. The molecule has 0 bridgehead atoms. The van der Waals surface area contributed by atoms with Crippen LogP contribution in [0.1, 0.15) is 41.3 Å². The molecule has 0 aliphatic heterocycles. The lowest BCUT2D eigenvalue weighted by Crippen LogP contribution is -2.29. The average molecular weight is 332 g/mol. The molecule has 1 aromatic rings. The van der Waals surface area contributed by atoms with Crippen molar-refractivity contribution in [3.63, 3.8) is 0 Å². The summed E-state index contributed by atoms with van der Waals surface area (Å²) >= 11 is 0. The fourth-order valence-electron chi connectivity index (χ4n) is 2.06. The number of hydrogen-bond donors (Lipinski definition) is 0. The fraction of sp³-hybridized carbons (Fsp3) is 0.400. The molecule has 0 aliphatic carbocycles. The molecule has 126 valence electrons. The van der Waals surface area contributed by atoms with Crippen molar-refractivity contribution >= 4 is 18.2 Å². The summed E-state index contributed by atoms with van der Waals surface area (Å²) in [6.45, 7) is 2.66. The molecule has 0 saturated carbocycles. The third-order valence-electron chi connectivity index (χ3n) is 2.89. The van der Waals surface area contributed by atoms with Crippen molar-refractivity contribution in [2.75, 3.05) is 13.2 Å². The molecule has 0 saturated heterocycles. The van der Waals surface area contributed by atoms with Gasteiger partial charge in [-0.2, -0.15) is 13.2 Å². The van der Waals surface area contributed by atoms with E-state index >= 15 is 0 Å². The first-order valence-electron chi connectivity index (χ1n) is 6.76. The van der Waals surface area contributed by atoms with Crippen LogP contribution in [0.3, 0.4) is 0 Å². The van der Waals surface area contributed by atoms with Crippen LogP contribution in [0.25, 0.3) is 0 Å². The third kappa shape index (κ3) is 4.30. The van der Waals surface area contributed by atoms with E-state index in [2.05, 4.69) is 9.47 Å². The van der Waals surface area contributed by atoms with Gasteiger partial charge in [0.25, 0.3) is 0 Å². The minimum Gasteiger partial charge on any atom is -0.465 e. The molecule has 23 heavy (non-hydrogen) atoms. The first kappa shape index (κ1) is 18.7. The second-order valence-electron chi connectivity index (χ2n) is 4.36. The van der Waals surface area contributed by atoms with Crippen molar-refractivity contribution < 1.29 is 37.0 Å². The van der Waals surface area contributed by atoms with Gasteiger partial charge < -0.3 is 9.47 Å². The molecule has 0 aliphatic rings. The molecule has 5 nitrogen and oxygen atoms in total. The lowest BCUT2D eigenvalue weighted by Gasteiger charge is -2.20. The molecule has 1 aromatic carbocycles. The van der Waals surface area contributed by atoms with E-state index in [-0.39, 0.29) is 19.5 Å². The van der Waals surface area contributed by atoms with Crippen LogP contribution < -0.4 is 0 Å². The Hall–Kier alpha value is -2.38. The molecule has 0 N–H and O–H groups in total. The fourth-order valence-corrected chi connectivity index (χ4v) is 2.06. The zero-order valence-corrected chi connectivity index (χ0v) is 12.5. The van der Waals surface area contributed by atoms with E-state index in [0.29, 0.717) is 0 Å². The van der Waals surface area contributed by atoms with Gasteiger partial charge in [-0.25, -0.2) is 0 Å². The van der Waals surface area contributed by atoms with E-state index in [9.17, 15) is 27.6 Å². The Morgan fingerprint density at radius 2 is 1.65 bits per heavy atom. The molecule has 0 unspecified atom stereocenters. The number of carbonyl (C=O) groups is 3. The standard InChI is InChI=1S/C15H15F3O5/c1-3-22-13(20)11(14(21)23-4-2)10-7-5-6-9(8-19)12(10)15(16,17)18/h5-8,11H,3-4H2,1-2H3. The molecule has 1 rings (SSSR count). The van der Waals surface area contributed by atoms with E-state index in [0.717, 1.165) is 18.2 Å². The summed E-state index contributed by atoms with van der Waals surface area (Å²) in [5, 5.41) is 0. The number of aldehydes is 1. The number of hydrogen-bond acceptors (Lipinski definition) is 5. The number of benzene rings is 1. The van der Waals surface area contributed by atoms with E-state index < -0.39 is 40.7 Å². The number of halogens is 3. The summed E-state index contributed by atoms with van der Waals surface area (Å²) in [6, 6.07) is 3.06. The summed E-state index contributed by atoms with van der Waals surface area (Å²) in [7, 11) is 0. The Balaban J connectivity index is 3.55. The monoisotopic (exact) mass is 332 g/mol. The zero-order chi connectivity index (χ0) is 17.6. The van der Waals surface area contributed by atoms with Crippen molar-refractivity contribution in [1.29, 1.82) is 0 Å². The normalized spacial score (nSPS) is 11.2. The van der Waals surface area contributed by atoms with Crippen LogP contribution in [0.15, 0.2) is 18.2 Å². The number of ether oxygens (including phenoxy) is 2. The van der Waals surface area contributed by atoms with E-state index in [1.54, 1.807) is 0 Å². The van der Waals surface area contributed by atoms with Gasteiger partial charge in [-0.05, 0) is 19.4 Å². The van der Waals surface area contributed by atoms with Crippen molar-refractivity contribution in [2.45, 2.75) is 25.9 Å². The van der Waals surface area contributed by atoms with Gasteiger partial charge in [-0.1, -0.05) is 18.2 Å². The van der Waals surface area contributed by atoms with Crippen molar-refractivity contribution in [2.24, 2.45) is 0 Å². The van der Waals surface area contributed by atoms with Crippen LogP contribution in [0.5, 0.6) is 0 Å². The minimum atomic E-state index is -4.93. The predicted octanol–water partition coefficient (Wildman–Crippen LogP) is 2.73. The van der Waals surface area contributed by atoms with Gasteiger partial charge >= 0.3 is 18.1 Å². The smallest absolute Gasteiger partial charge is 0.417 e. The van der Waals surface area contributed by atoms with Gasteiger partial charge in [-0.3, -0.25) is 14.4 Å². The zero-order valence-electron chi connectivity index (χ0n) is 12.5. The first-order valence-corrected chi connectivity index (χ1v) is 6.76. The van der Waals surface area contributed by atoms with Gasteiger partial charge in [0, 0.05) is 5.56 Å². The van der Waals surface area contributed by atoms with E-state index in [4.69, 9.17) is 0 Å². The molecule has 0 radical (unpaired) electrons. The maximum Gasteiger partial charge on any atom is 0.417 e. The minimum absolute atomic E-state index is 0.0136. The lowest BCUT2D eigenvalue weighted by molar-refractivity contribution is -0.157. The molecule has 0 amide bonds. The van der Waals surface area contributed by atoms with Crippen LogP contribution in [0.4, 0.5) is 13.2 Å². The highest BCUT2D eigenvalue weighted by Crippen LogP contribution is 2.38. The molecular formula is C15H15F3O5. The van der Waals surface area contributed by atoms with Crippen LogP contribution in [0, 0.1) is 0 Å². The molecule has 0 fully saturated rings. The quantitative estimate of drug-likeness (QED) is 0.455. The SMILES string of the molecule is CCOC(=O)C(C(=O)OCC)c1cccc(C=O)c1C(F)(F)F. The van der Waals surface area contributed by atoms with Crippen molar-refractivity contribution in [3.05, 3.63) is 34.9 Å². The Morgan fingerprint density at radius 3 is 2.04 bits per heavy atom. The number of esters is 2. The highest BCUT2D eigenvalue weighted by Gasteiger charge is 2.42. The van der Waals surface area contributed by atoms with Gasteiger partial charge in [0.05, 0.1) is 18.8 Å².